The molecular weight excluding hydrogens is 358 g/mol. The quantitative estimate of drug-likeness (QED) is 0.662. The van der Waals surface area contributed by atoms with Gasteiger partial charge in [-0.1, -0.05) is 41.9 Å². The molecule has 0 radical (unpaired) electrons. The molecule has 0 bridgehead atoms. The summed E-state index contributed by atoms with van der Waals surface area (Å²) in [7, 11) is 0. The maximum absolute atomic E-state index is 6.29. The Morgan fingerprint density at radius 2 is 2.00 bits per heavy atom. The number of rotatable bonds is 5. The van der Waals surface area contributed by atoms with E-state index in [2.05, 4.69) is 22.0 Å². The van der Waals surface area contributed by atoms with Gasteiger partial charge in [-0.2, -0.15) is 0 Å². The lowest BCUT2D eigenvalue weighted by atomic mass is 10.1. The Kier molecular flexibility index (Phi) is 5.78. The summed E-state index contributed by atoms with van der Waals surface area (Å²) in [6.45, 7) is 3.34. The highest BCUT2D eigenvalue weighted by atomic mass is 35.5. The van der Waals surface area contributed by atoms with E-state index in [1.54, 1.807) is 6.20 Å². The van der Waals surface area contributed by atoms with E-state index in [1.807, 2.05) is 48.7 Å². The Labute approximate surface area is 164 Å². The second kappa shape index (κ2) is 8.61. The van der Waals surface area contributed by atoms with Gasteiger partial charge in [0.2, 0.25) is 0 Å². The third-order valence-electron chi connectivity index (χ3n) is 4.77. The lowest BCUT2D eigenvalue weighted by Crippen LogP contribution is -2.38. The number of nitrogens with zero attached hydrogens (tertiary/aromatic N) is 3. The summed E-state index contributed by atoms with van der Waals surface area (Å²) in [4.78, 5) is 11.5. The van der Waals surface area contributed by atoms with Crippen molar-refractivity contribution in [3.8, 4) is 0 Å². The normalized spacial score (nSPS) is 17.7. The summed E-state index contributed by atoms with van der Waals surface area (Å²) in [6.07, 6.45) is 4.44. The number of hydrogen-bond acceptors (Lipinski definition) is 4. The van der Waals surface area contributed by atoms with Gasteiger partial charge in [-0.05, 0) is 35.4 Å². The first-order valence-corrected chi connectivity index (χ1v) is 9.58. The van der Waals surface area contributed by atoms with Crippen LogP contribution in [0.5, 0.6) is 0 Å². The molecule has 0 N–H and O–H groups in total. The Bertz CT molecular complexity index is 887. The number of halogens is 1. The van der Waals surface area contributed by atoms with Crippen LogP contribution < -0.4 is 0 Å². The molecule has 5 heteroatoms. The van der Waals surface area contributed by atoms with Gasteiger partial charge in [0.25, 0.3) is 0 Å². The Morgan fingerprint density at radius 3 is 2.85 bits per heavy atom. The molecule has 0 aliphatic carbocycles. The smallest absolute Gasteiger partial charge is 0.112 e. The molecule has 4 nitrogen and oxygen atoms in total. The van der Waals surface area contributed by atoms with E-state index in [1.165, 1.54) is 5.56 Å². The van der Waals surface area contributed by atoms with Crippen LogP contribution in [0.3, 0.4) is 0 Å². The van der Waals surface area contributed by atoms with Gasteiger partial charge >= 0.3 is 0 Å². The fourth-order valence-electron chi connectivity index (χ4n) is 3.39. The summed E-state index contributed by atoms with van der Waals surface area (Å²) in [6, 6.07) is 18.2. The molecule has 1 aliphatic rings. The average molecular weight is 380 g/mol. The van der Waals surface area contributed by atoms with Crippen molar-refractivity contribution in [1.29, 1.82) is 0 Å². The maximum Gasteiger partial charge on any atom is 0.112 e. The first-order chi connectivity index (χ1) is 13.3. The van der Waals surface area contributed by atoms with Crippen LogP contribution in [-0.4, -0.2) is 34.6 Å². The van der Waals surface area contributed by atoms with Crippen molar-refractivity contribution in [3.05, 3.63) is 94.5 Å². The highest BCUT2D eigenvalue weighted by molar-refractivity contribution is 6.31. The fraction of sp³-hybridized carbons (Fsp3) is 0.273. The highest BCUT2D eigenvalue weighted by Crippen LogP contribution is 2.23. The molecule has 0 spiro atoms. The monoisotopic (exact) mass is 379 g/mol. The van der Waals surface area contributed by atoms with Crippen molar-refractivity contribution < 1.29 is 4.74 Å². The molecule has 27 heavy (non-hydrogen) atoms. The molecule has 0 amide bonds. The fourth-order valence-corrected chi connectivity index (χ4v) is 3.59. The van der Waals surface area contributed by atoms with E-state index in [9.17, 15) is 0 Å². The van der Waals surface area contributed by atoms with Crippen LogP contribution >= 0.6 is 11.6 Å². The Balaban J connectivity index is 1.45. The molecule has 1 fully saturated rings. The summed E-state index contributed by atoms with van der Waals surface area (Å²) in [5.74, 6) is 0. The van der Waals surface area contributed by atoms with Gasteiger partial charge in [0.15, 0.2) is 0 Å². The molecule has 3 heterocycles. The number of pyridine rings is 2. The molecule has 3 aromatic rings. The van der Waals surface area contributed by atoms with Gasteiger partial charge in [0, 0.05) is 49.2 Å². The topological polar surface area (TPSA) is 38.2 Å². The van der Waals surface area contributed by atoms with Crippen LogP contribution in [0.4, 0.5) is 0 Å². The Morgan fingerprint density at radius 1 is 1.07 bits per heavy atom. The summed E-state index contributed by atoms with van der Waals surface area (Å²) >= 11 is 6.29. The zero-order chi connectivity index (χ0) is 18.5. The molecule has 4 rings (SSSR count). The first kappa shape index (κ1) is 18.1. The summed E-state index contributed by atoms with van der Waals surface area (Å²) in [5.41, 5.74) is 4.30. The number of morpholine rings is 1. The molecular formula is C22H22ClN3O. The largest absolute Gasteiger partial charge is 0.369 e. The first-order valence-electron chi connectivity index (χ1n) is 9.20. The lowest BCUT2D eigenvalue weighted by Gasteiger charge is -2.32. The number of aromatic nitrogens is 2. The van der Waals surface area contributed by atoms with Crippen LogP contribution in [0, 0.1) is 0 Å². The van der Waals surface area contributed by atoms with Gasteiger partial charge in [-0.3, -0.25) is 14.9 Å². The summed E-state index contributed by atoms with van der Waals surface area (Å²) < 4.78 is 6.02. The van der Waals surface area contributed by atoms with Crippen LogP contribution in [-0.2, 0) is 17.7 Å². The van der Waals surface area contributed by atoms with Crippen molar-refractivity contribution in [2.24, 2.45) is 0 Å². The minimum Gasteiger partial charge on any atom is -0.369 e. The molecule has 2 aromatic heterocycles. The van der Waals surface area contributed by atoms with Gasteiger partial charge in [-0.25, -0.2) is 0 Å². The van der Waals surface area contributed by atoms with E-state index in [4.69, 9.17) is 21.3 Å². The van der Waals surface area contributed by atoms with Gasteiger partial charge in [0.05, 0.1) is 12.3 Å². The standard InChI is InChI=1S/C22H22ClN3O/c23-20-8-2-1-6-18(20)13-19-7-3-9-21(25-19)22-16-26(11-12-27-22)15-17-5-4-10-24-14-17/h1-10,14,22H,11-13,15-16H2/t22-/m1/s1. The molecule has 1 saturated heterocycles. The SMILES string of the molecule is Clc1ccccc1Cc1cccc([C@H]2CN(Cc3cccnc3)CCO2)n1. The molecule has 1 aromatic carbocycles. The zero-order valence-electron chi connectivity index (χ0n) is 15.1. The zero-order valence-corrected chi connectivity index (χ0v) is 15.8. The maximum atomic E-state index is 6.29. The van der Waals surface area contributed by atoms with Crippen molar-refractivity contribution in [2.75, 3.05) is 19.7 Å². The molecule has 1 atom stereocenters. The van der Waals surface area contributed by atoms with Crippen molar-refractivity contribution >= 4 is 11.6 Å². The second-order valence-electron chi connectivity index (χ2n) is 6.78. The van der Waals surface area contributed by atoms with Gasteiger partial charge < -0.3 is 4.74 Å². The second-order valence-corrected chi connectivity index (χ2v) is 7.18. The molecule has 1 aliphatic heterocycles. The van der Waals surface area contributed by atoms with E-state index in [0.29, 0.717) is 6.61 Å². The van der Waals surface area contributed by atoms with Crippen molar-refractivity contribution in [1.82, 2.24) is 14.9 Å². The van der Waals surface area contributed by atoms with E-state index >= 15 is 0 Å². The van der Waals surface area contributed by atoms with Gasteiger partial charge in [-0.15, -0.1) is 0 Å². The van der Waals surface area contributed by atoms with Crippen molar-refractivity contribution in [3.63, 3.8) is 0 Å². The van der Waals surface area contributed by atoms with Crippen LogP contribution in [0.2, 0.25) is 5.02 Å². The Hall–Kier alpha value is -2.27. The minimum atomic E-state index is -0.0124. The van der Waals surface area contributed by atoms with E-state index < -0.39 is 0 Å². The molecule has 138 valence electrons. The highest BCUT2D eigenvalue weighted by Gasteiger charge is 2.23. The van der Waals surface area contributed by atoms with E-state index in [-0.39, 0.29) is 6.10 Å². The number of benzene rings is 1. The predicted molar refractivity (Wildman–Crippen MR) is 107 cm³/mol. The van der Waals surface area contributed by atoms with Crippen LogP contribution in [0.25, 0.3) is 0 Å². The minimum absolute atomic E-state index is 0.0124. The third-order valence-corrected chi connectivity index (χ3v) is 5.14. The molecule has 0 saturated carbocycles. The number of hydrogen-bond donors (Lipinski definition) is 0. The van der Waals surface area contributed by atoms with Gasteiger partial charge in [0.1, 0.15) is 6.10 Å². The van der Waals surface area contributed by atoms with Crippen LogP contribution in [0.15, 0.2) is 67.0 Å². The van der Waals surface area contributed by atoms with Crippen molar-refractivity contribution in [2.45, 2.75) is 19.1 Å². The average Bonchev–Trinajstić information content (AvgIpc) is 2.71. The van der Waals surface area contributed by atoms with Crippen LogP contribution in [0.1, 0.15) is 28.6 Å². The summed E-state index contributed by atoms with van der Waals surface area (Å²) in [5, 5.41) is 0.779. The predicted octanol–water partition coefficient (Wildman–Crippen LogP) is 4.29. The lowest BCUT2D eigenvalue weighted by molar-refractivity contribution is -0.0350. The third kappa shape index (κ3) is 4.72. The van der Waals surface area contributed by atoms with E-state index in [0.717, 1.165) is 48.0 Å². The number of ether oxygens (including phenoxy) is 1. The molecule has 0 unspecified atom stereocenters.